The van der Waals surface area contributed by atoms with Crippen LogP contribution in [0.25, 0.3) is 6.08 Å². The van der Waals surface area contributed by atoms with Gasteiger partial charge >= 0.3 is 18.6 Å². The van der Waals surface area contributed by atoms with E-state index >= 15 is 0 Å². The molecule has 0 aromatic heterocycles. The molecule has 2 N–H and O–H groups in total. The minimum Gasteiger partial charge on any atom is -0.452 e. The van der Waals surface area contributed by atoms with Gasteiger partial charge in [-0.1, -0.05) is 42.5 Å². The number of nitrogens with one attached hydrogen (secondary N) is 2. The molecule has 9 heteroatoms. The van der Waals surface area contributed by atoms with Gasteiger partial charge in [0, 0.05) is 12.6 Å². The molecule has 0 aliphatic carbocycles. The fourth-order valence-corrected chi connectivity index (χ4v) is 2.09. The van der Waals surface area contributed by atoms with Crippen molar-refractivity contribution < 1.29 is 32.6 Å². The molecule has 0 saturated heterocycles. The normalized spacial score (nSPS) is 10.6. The zero-order valence-electron chi connectivity index (χ0n) is 15.1. The topological polar surface area (TPSA) is 93.7 Å². The fraction of sp³-hybridized carbons (Fsp3) is 0.150. The molecule has 0 heterocycles. The Morgan fingerprint density at radius 1 is 1.00 bits per heavy atom. The van der Waals surface area contributed by atoms with E-state index in [1.54, 1.807) is 0 Å². The first-order valence-electron chi connectivity index (χ1n) is 8.43. The summed E-state index contributed by atoms with van der Waals surface area (Å²) < 4.78 is 33.1. The van der Waals surface area contributed by atoms with Crippen LogP contribution in [0.4, 0.5) is 13.6 Å². The van der Waals surface area contributed by atoms with Crippen LogP contribution in [0.3, 0.4) is 0 Å². The van der Waals surface area contributed by atoms with Gasteiger partial charge in [-0.25, -0.2) is 9.59 Å². The molecule has 0 spiro atoms. The number of imide groups is 1. The fourth-order valence-electron chi connectivity index (χ4n) is 2.09. The summed E-state index contributed by atoms with van der Waals surface area (Å²) in [6, 6.07) is 14.0. The number of alkyl halides is 2. The Labute approximate surface area is 165 Å². The second kappa shape index (κ2) is 11.2. The number of benzene rings is 2. The summed E-state index contributed by atoms with van der Waals surface area (Å²) in [5.41, 5.74) is 1.40. The number of amides is 3. The van der Waals surface area contributed by atoms with Crippen molar-refractivity contribution >= 4 is 24.0 Å². The molecular formula is C20H18F2N2O5. The van der Waals surface area contributed by atoms with Crippen LogP contribution in [0.1, 0.15) is 11.1 Å². The maximum absolute atomic E-state index is 12.1. The number of esters is 1. The average Bonchev–Trinajstić information content (AvgIpc) is 2.70. The minimum absolute atomic E-state index is 0.0121. The van der Waals surface area contributed by atoms with Gasteiger partial charge in [-0.3, -0.25) is 10.1 Å². The number of hydrogen-bond acceptors (Lipinski definition) is 5. The van der Waals surface area contributed by atoms with Crippen molar-refractivity contribution in [3.63, 3.8) is 0 Å². The van der Waals surface area contributed by atoms with Crippen molar-refractivity contribution in [2.45, 2.75) is 13.2 Å². The average molecular weight is 404 g/mol. The molecule has 2 rings (SSSR count). The molecule has 2 aromatic rings. The minimum atomic E-state index is -2.92. The predicted octanol–water partition coefficient (Wildman–Crippen LogP) is 2.87. The molecule has 7 nitrogen and oxygen atoms in total. The predicted molar refractivity (Wildman–Crippen MR) is 99.9 cm³/mol. The van der Waals surface area contributed by atoms with Crippen molar-refractivity contribution in [1.29, 1.82) is 0 Å². The summed E-state index contributed by atoms with van der Waals surface area (Å²) in [4.78, 5) is 34.9. The third-order valence-electron chi connectivity index (χ3n) is 3.41. The number of carbonyl (C=O) groups is 3. The van der Waals surface area contributed by atoms with Crippen LogP contribution in [-0.2, 0) is 20.9 Å². The van der Waals surface area contributed by atoms with E-state index in [2.05, 4.69) is 10.1 Å². The third-order valence-corrected chi connectivity index (χ3v) is 3.41. The highest BCUT2D eigenvalue weighted by Crippen LogP contribution is 2.15. The van der Waals surface area contributed by atoms with E-state index in [0.717, 1.165) is 11.6 Å². The summed E-state index contributed by atoms with van der Waals surface area (Å²) >= 11 is 0. The molecule has 0 atom stereocenters. The van der Waals surface area contributed by atoms with Crippen LogP contribution in [0, 0.1) is 0 Å². The summed E-state index contributed by atoms with van der Waals surface area (Å²) in [7, 11) is 0. The Bertz CT molecular complexity index is 855. The van der Waals surface area contributed by atoms with Crippen molar-refractivity contribution in [2.75, 3.05) is 6.61 Å². The first-order valence-corrected chi connectivity index (χ1v) is 8.43. The van der Waals surface area contributed by atoms with Gasteiger partial charge < -0.3 is 14.8 Å². The van der Waals surface area contributed by atoms with E-state index < -0.39 is 31.1 Å². The lowest BCUT2D eigenvalue weighted by molar-refractivity contribution is -0.143. The first-order chi connectivity index (χ1) is 13.9. The summed E-state index contributed by atoms with van der Waals surface area (Å²) in [6.07, 6.45) is 2.44. The lowest BCUT2D eigenvalue weighted by atomic mass is 10.2. The molecule has 2 aromatic carbocycles. The molecule has 0 fully saturated rings. The van der Waals surface area contributed by atoms with Gasteiger partial charge in [0.2, 0.25) is 0 Å². The van der Waals surface area contributed by atoms with Crippen LogP contribution in [0.5, 0.6) is 5.75 Å². The smallest absolute Gasteiger partial charge is 0.387 e. The molecule has 0 saturated carbocycles. The molecule has 29 heavy (non-hydrogen) atoms. The van der Waals surface area contributed by atoms with E-state index in [9.17, 15) is 23.2 Å². The van der Waals surface area contributed by atoms with E-state index in [-0.39, 0.29) is 12.3 Å². The Kier molecular flexibility index (Phi) is 8.30. The SMILES string of the molecule is O=C(COC(=O)/C=C/c1ccc(OC(F)F)cc1)NC(=O)NCc1ccccc1. The van der Waals surface area contributed by atoms with Crippen molar-refractivity contribution in [2.24, 2.45) is 0 Å². The van der Waals surface area contributed by atoms with E-state index in [1.807, 2.05) is 35.6 Å². The molecule has 0 aliphatic heterocycles. The summed E-state index contributed by atoms with van der Waals surface area (Å²) in [5.74, 6) is -1.61. The third kappa shape index (κ3) is 8.65. The van der Waals surface area contributed by atoms with Gasteiger partial charge in [-0.05, 0) is 29.3 Å². The van der Waals surface area contributed by atoms with Gasteiger partial charge in [-0.15, -0.1) is 0 Å². The van der Waals surface area contributed by atoms with E-state index in [4.69, 9.17) is 4.74 Å². The molecular weight excluding hydrogens is 386 g/mol. The zero-order chi connectivity index (χ0) is 21.1. The van der Waals surface area contributed by atoms with Gasteiger partial charge in [0.1, 0.15) is 5.75 Å². The van der Waals surface area contributed by atoms with Gasteiger partial charge in [0.15, 0.2) is 6.61 Å². The highest BCUT2D eigenvalue weighted by Gasteiger charge is 2.09. The Balaban J connectivity index is 1.69. The number of urea groups is 1. The van der Waals surface area contributed by atoms with Crippen molar-refractivity contribution in [3.05, 3.63) is 71.8 Å². The highest BCUT2D eigenvalue weighted by atomic mass is 19.3. The Hall–Kier alpha value is -3.75. The number of halogens is 2. The summed E-state index contributed by atoms with van der Waals surface area (Å²) in [5, 5.41) is 4.53. The van der Waals surface area contributed by atoms with Crippen LogP contribution in [-0.4, -0.2) is 31.1 Å². The second-order valence-electron chi connectivity index (χ2n) is 5.61. The van der Waals surface area contributed by atoms with Crippen LogP contribution < -0.4 is 15.4 Å². The largest absolute Gasteiger partial charge is 0.452 e. The monoisotopic (exact) mass is 404 g/mol. The molecule has 0 radical (unpaired) electrons. The van der Waals surface area contributed by atoms with Crippen molar-refractivity contribution in [1.82, 2.24) is 10.6 Å². The van der Waals surface area contributed by atoms with E-state index in [1.165, 1.54) is 30.3 Å². The second-order valence-corrected chi connectivity index (χ2v) is 5.61. The highest BCUT2D eigenvalue weighted by molar-refractivity contribution is 5.96. The maximum atomic E-state index is 12.1. The van der Waals surface area contributed by atoms with Gasteiger partial charge in [-0.2, -0.15) is 8.78 Å². The van der Waals surface area contributed by atoms with Crippen LogP contribution in [0.15, 0.2) is 60.7 Å². The van der Waals surface area contributed by atoms with Gasteiger partial charge in [0.05, 0.1) is 0 Å². The number of rotatable bonds is 8. The summed E-state index contributed by atoms with van der Waals surface area (Å²) in [6.45, 7) is -3.31. The lowest BCUT2D eigenvalue weighted by Gasteiger charge is -2.07. The van der Waals surface area contributed by atoms with Crippen LogP contribution in [0.2, 0.25) is 0 Å². The molecule has 0 bridgehead atoms. The molecule has 3 amide bonds. The molecule has 152 valence electrons. The Morgan fingerprint density at radius 2 is 1.69 bits per heavy atom. The quantitative estimate of drug-likeness (QED) is 0.521. The molecule has 0 unspecified atom stereocenters. The number of carbonyl (C=O) groups excluding carboxylic acids is 3. The Morgan fingerprint density at radius 3 is 2.34 bits per heavy atom. The van der Waals surface area contributed by atoms with Crippen molar-refractivity contribution in [3.8, 4) is 5.75 Å². The van der Waals surface area contributed by atoms with Crippen LogP contribution >= 0.6 is 0 Å². The standard InChI is InChI=1S/C20H18F2N2O5/c21-19(22)29-16-9-6-14(7-10-16)8-11-18(26)28-13-17(25)24-20(27)23-12-15-4-2-1-3-5-15/h1-11,19H,12-13H2,(H2,23,24,25,27)/b11-8+. The number of hydrogen-bond donors (Lipinski definition) is 2. The number of ether oxygens (including phenoxy) is 2. The zero-order valence-corrected chi connectivity index (χ0v) is 15.1. The molecule has 0 aliphatic rings. The first kappa shape index (κ1) is 21.5. The maximum Gasteiger partial charge on any atom is 0.387 e. The van der Waals surface area contributed by atoms with E-state index in [0.29, 0.717) is 5.56 Å². The lowest BCUT2D eigenvalue weighted by Crippen LogP contribution is -2.41. The van der Waals surface area contributed by atoms with Gasteiger partial charge in [0.25, 0.3) is 5.91 Å².